The second kappa shape index (κ2) is 5.51. The standard InChI is InChI=1S/C17H22N2O2/c1-11(2)19-15-10-6-5-9-14(15)18-16(19)12-7-3-4-8-13(12)17(20)21/h5-6,9-13H,3-4,7-8H2,1-2H3,(H,20,21). The predicted molar refractivity (Wildman–Crippen MR) is 82.5 cm³/mol. The average Bonchev–Trinajstić information content (AvgIpc) is 2.86. The third-order valence-corrected chi connectivity index (χ3v) is 4.55. The third-order valence-electron chi connectivity index (χ3n) is 4.55. The van der Waals surface area contributed by atoms with E-state index < -0.39 is 5.97 Å². The van der Waals surface area contributed by atoms with E-state index >= 15 is 0 Å². The second-order valence-electron chi connectivity index (χ2n) is 6.26. The van der Waals surface area contributed by atoms with Crippen LogP contribution in [0.2, 0.25) is 0 Å². The summed E-state index contributed by atoms with van der Waals surface area (Å²) in [7, 11) is 0. The molecule has 1 aromatic carbocycles. The number of hydrogen-bond acceptors (Lipinski definition) is 2. The van der Waals surface area contributed by atoms with Crippen LogP contribution in [0, 0.1) is 5.92 Å². The number of carboxylic acid groups (broad SMARTS) is 1. The van der Waals surface area contributed by atoms with E-state index in [9.17, 15) is 9.90 Å². The Morgan fingerprint density at radius 1 is 1.29 bits per heavy atom. The van der Waals surface area contributed by atoms with E-state index in [0.717, 1.165) is 42.5 Å². The molecule has 2 aromatic rings. The Hall–Kier alpha value is -1.84. The van der Waals surface area contributed by atoms with E-state index in [2.05, 4.69) is 24.5 Å². The first-order valence-corrected chi connectivity index (χ1v) is 7.79. The highest BCUT2D eigenvalue weighted by Crippen LogP contribution is 2.39. The molecule has 1 fully saturated rings. The molecular formula is C17H22N2O2. The maximum absolute atomic E-state index is 11.6. The van der Waals surface area contributed by atoms with Crippen molar-refractivity contribution in [2.45, 2.75) is 51.5 Å². The van der Waals surface area contributed by atoms with Gasteiger partial charge in [-0.2, -0.15) is 0 Å². The van der Waals surface area contributed by atoms with Crippen LogP contribution in [-0.2, 0) is 4.79 Å². The maximum atomic E-state index is 11.6. The first-order chi connectivity index (χ1) is 10.1. The van der Waals surface area contributed by atoms with Crippen LogP contribution in [0.1, 0.15) is 57.3 Å². The van der Waals surface area contributed by atoms with Gasteiger partial charge in [-0.25, -0.2) is 4.98 Å². The Bertz CT molecular complexity index is 660. The number of aliphatic carboxylic acids is 1. The molecule has 0 aliphatic heterocycles. The van der Waals surface area contributed by atoms with Crippen molar-refractivity contribution < 1.29 is 9.90 Å². The molecule has 1 aliphatic carbocycles. The fraction of sp³-hybridized carbons (Fsp3) is 0.529. The Morgan fingerprint density at radius 2 is 2.00 bits per heavy atom. The summed E-state index contributed by atoms with van der Waals surface area (Å²) in [6.45, 7) is 4.27. The lowest BCUT2D eigenvalue weighted by Gasteiger charge is -2.29. The molecule has 4 heteroatoms. The van der Waals surface area contributed by atoms with E-state index in [0.29, 0.717) is 0 Å². The lowest BCUT2D eigenvalue weighted by molar-refractivity contribution is -0.143. The number of fused-ring (bicyclic) bond motifs is 1. The van der Waals surface area contributed by atoms with Crippen LogP contribution in [-0.4, -0.2) is 20.6 Å². The van der Waals surface area contributed by atoms with Crippen molar-refractivity contribution in [2.24, 2.45) is 5.92 Å². The molecule has 112 valence electrons. The van der Waals surface area contributed by atoms with Crippen LogP contribution in [0.25, 0.3) is 11.0 Å². The number of benzene rings is 1. The highest BCUT2D eigenvalue weighted by Gasteiger charge is 2.35. The van der Waals surface area contributed by atoms with Crippen molar-refractivity contribution in [3.05, 3.63) is 30.1 Å². The number of imidazole rings is 1. The van der Waals surface area contributed by atoms with Crippen LogP contribution in [0.3, 0.4) is 0 Å². The molecule has 0 amide bonds. The van der Waals surface area contributed by atoms with Gasteiger partial charge < -0.3 is 9.67 Å². The molecule has 21 heavy (non-hydrogen) atoms. The van der Waals surface area contributed by atoms with Crippen LogP contribution in [0.4, 0.5) is 0 Å². The van der Waals surface area contributed by atoms with E-state index in [-0.39, 0.29) is 17.9 Å². The molecule has 0 radical (unpaired) electrons. The SMILES string of the molecule is CC(C)n1c(C2CCCCC2C(=O)O)nc2ccccc21. The smallest absolute Gasteiger partial charge is 0.307 e. The van der Waals surface area contributed by atoms with Gasteiger partial charge in [-0.3, -0.25) is 4.79 Å². The van der Waals surface area contributed by atoms with Gasteiger partial charge in [0.25, 0.3) is 0 Å². The van der Waals surface area contributed by atoms with Crippen molar-refractivity contribution in [1.29, 1.82) is 0 Å². The van der Waals surface area contributed by atoms with E-state index in [4.69, 9.17) is 4.98 Å². The number of rotatable bonds is 3. The van der Waals surface area contributed by atoms with Crippen molar-refractivity contribution in [3.63, 3.8) is 0 Å². The topological polar surface area (TPSA) is 55.1 Å². The molecule has 1 saturated carbocycles. The zero-order chi connectivity index (χ0) is 15.0. The highest BCUT2D eigenvalue weighted by atomic mass is 16.4. The minimum absolute atomic E-state index is 0.0334. The van der Waals surface area contributed by atoms with Gasteiger partial charge in [0.05, 0.1) is 17.0 Å². The normalized spacial score (nSPS) is 22.8. The lowest BCUT2D eigenvalue weighted by atomic mass is 9.78. The number of hydrogen-bond donors (Lipinski definition) is 1. The molecule has 3 rings (SSSR count). The Balaban J connectivity index is 2.14. The molecule has 4 nitrogen and oxygen atoms in total. The molecule has 0 saturated heterocycles. The summed E-state index contributed by atoms with van der Waals surface area (Å²) in [6, 6.07) is 8.37. The summed E-state index contributed by atoms with van der Waals surface area (Å²) in [5.74, 6) is 0.0134. The number of carboxylic acids is 1. The fourth-order valence-corrected chi connectivity index (χ4v) is 3.60. The Labute approximate surface area is 124 Å². The van der Waals surface area contributed by atoms with Crippen molar-refractivity contribution in [2.75, 3.05) is 0 Å². The maximum Gasteiger partial charge on any atom is 0.307 e. The summed E-state index contributed by atoms with van der Waals surface area (Å²) >= 11 is 0. The number of carbonyl (C=O) groups is 1. The zero-order valence-corrected chi connectivity index (χ0v) is 12.6. The molecule has 0 spiro atoms. The summed E-state index contributed by atoms with van der Waals surface area (Å²) < 4.78 is 2.22. The lowest BCUT2D eigenvalue weighted by Crippen LogP contribution is -2.28. The zero-order valence-electron chi connectivity index (χ0n) is 12.6. The van der Waals surface area contributed by atoms with E-state index in [1.807, 2.05) is 18.2 Å². The van der Waals surface area contributed by atoms with Gasteiger partial charge >= 0.3 is 5.97 Å². The van der Waals surface area contributed by atoms with Crippen LogP contribution >= 0.6 is 0 Å². The number of aromatic nitrogens is 2. The fourth-order valence-electron chi connectivity index (χ4n) is 3.60. The number of nitrogens with zero attached hydrogens (tertiary/aromatic N) is 2. The average molecular weight is 286 g/mol. The molecule has 1 aromatic heterocycles. The third kappa shape index (κ3) is 2.43. The van der Waals surface area contributed by atoms with Gasteiger partial charge in [0.15, 0.2) is 0 Å². The minimum Gasteiger partial charge on any atom is -0.481 e. The Kier molecular flexibility index (Phi) is 3.70. The molecule has 2 atom stereocenters. The molecular weight excluding hydrogens is 264 g/mol. The molecule has 1 heterocycles. The van der Waals surface area contributed by atoms with Gasteiger partial charge in [0, 0.05) is 12.0 Å². The first kappa shape index (κ1) is 14.1. The molecule has 2 unspecified atom stereocenters. The number of para-hydroxylation sites is 2. The summed E-state index contributed by atoms with van der Waals surface area (Å²) in [5.41, 5.74) is 2.08. The van der Waals surface area contributed by atoms with E-state index in [1.165, 1.54) is 0 Å². The van der Waals surface area contributed by atoms with Crippen LogP contribution in [0.5, 0.6) is 0 Å². The summed E-state index contributed by atoms with van der Waals surface area (Å²) in [5, 5.41) is 9.54. The largest absolute Gasteiger partial charge is 0.481 e. The van der Waals surface area contributed by atoms with Gasteiger partial charge in [-0.1, -0.05) is 25.0 Å². The second-order valence-corrected chi connectivity index (χ2v) is 6.26. The first-order valence-electron chi connectivity index (χ1n) is 7.79. The van der Waals surface area contributed by atoms with E-state index in [1.54, 1.807) is 0 Å². The molecule has 0 bridgehead atoms. The monoisotopic (exact) mass is 286 g/mol. The quantitative estimate of drug-likeness (QED) is 0.928. The van der Waals surface area contributed by atoms with Crippen molar-refractivity contribution in [1.82, 2.24) is 9.55 Å². The summed E-state index contributed by atoms with van der Waals surface area (Å²) in [6.07, 6.45) is 3.79. The minimum atomic E-state index is -0.679. The Morgan fingerprint density at radius 3 is 2.71 bits per heavy atom. The highest BCUT2D eigenvalue weighted by molar-refractivity contribution is 5.77. The van der Waals surface area contributed by atoms with Gasteiger partial charge in [0.2, 0.25) is 0 Å². The predicted octanol–water partition coefficient (Wildman–Crippen LogP) is 3.98. The molecule has 1 N–H and O–H groups in total. The van der Waals surface area contributed by atoms with Gasteiger partial charge in [-0.15, -0.1) is 0 Å². The molecule has 1 aliphatic rings. The van der Waals surface area contributed by atoms with Crippen molar-refractivity contribution in [3.8, 4) is 0 Å². The van der Waals surface area contributed by atoms with Crippen LogP contribution < -0.4 is 0 Å². The van der Waals surface area contributed by atoms with Crippen molar-refractivity contribution >= 4 is 17.0 Å². The van der Waals surface area contributed by atoms with Crippen LogP contribution in [0.15, 0.2) is 24.3 Å². The van der Waals surface area contributed by atoms with Gasteiger partial charge in [0.1, 0.15) is 5.82 Å². The van der Waals surface area contributed by atoms with Gasteiger partial charge in [-0.05, 0) is 38.8 Å². The summed E-state index contributed by atoms with van der Waals surface area (Å²) in [4.78, 5) is 16.4.